The molecule has 0 atom stereocenters. The van der Waals surface area contributed by atoms with E-state index in [4.69, 9.17) is 5.26 Å². The second-order valence-corrected chi connectivity index (χ2v) is 4.99. The molecule has 1 aromatic heterocycles. The van der Waals surface area contributed by atoms with Gasteiger partial charge in [0.1, 0.15) is 11.6 Å². The molecule has 3 rings (SSSR count). The number of aromatic amines is 1. The molecule has 0 radical (unpaired) electrons. The quantitative estimate of drug-likeness (QED) is 0.846. The third kappa shape index (κ3) is 1.86. The monoisotopic (exact) mass is 250 g/mol. The molecule has 0 aliphatic heterocycles. The fourth-order valence-corrected chi connectivity index (χ4v) is 2.77. The summed E-state index contributed by atoms with van der Waals surface area (Å²) < 4.78 is 0. The van der Waals surface area contributed by atoms with Gasteiger partial charge in [0.25, 0.3) is 5.56 Å². The van der Waals surface area contributed by atoms with Gasteiger partial charge in [-0.1, -0.05) is 29.8 Å². The van der Waals surface area contributed by atoms with E-state index in [9.17, 15) is 4.79 Å². The molecule has 0 fully saturated rings. The topological polar surface area (TPSA) is 56.6 Å². The van der Waals surface area contributed by atoms with Crippen molar-refractivity contribution in [3.05, 3.63) is 56.9 Å². The van der Waals surface area contributed by atoms with Crippen molar-refractivity contribution in [3.63, 3.8) is 0 Å². The lowest BCUT2D eigenvalue weighted by atomic mass is 9.99. The summed E-state index contributed by atoms with van der Waals surface area (Å²) in [6.45, 7) is 2.04. The standard InChI is InChI=1S/C16H14N2O/c1-10-5-7-11(8-6-10)15-13-4-2-3-12(13)14(9-17)16(19)18-15/h5-8H,2-4H2,1H3,(H,18,19). The number of aromatic nitrogens is 1. The van der Waals surface area contributed by atoms with Gasteiger partial charge in [0.05, 0.1) is 5.69 Å². The molecule has 0 bridgehead atoms. The van der Waals surface area contributed by atoms with Gasteiger partial charge in [0.15, 0.2) is 0 Å². The number of benzene rings is 1. The Hall–Kier alpha value is -2.34. The molecule has 19 heavy (non-hydrogen) atoms. The van der Waals surface area contributed by atoms with Crippen molar-refractivity contribution in [1.29, 1.82) is 5.26 Å². The summed E-state index contributed by atoms with van der Waals surface area (Å²) in [5, 5.41) is 9.11. The van der Waals surface area contributed by atoms with Gasteiger partial charge in [-0.25, -0.2) is 0 Å². The molecule has 3 nitrogen and oxygen atoms in total. The molecule has 0 spiro atoms. The van der Waals surface area contributed by atoms with E-state index in [0.717, 1.165) is 41.6 Å². The molecule has 1 heterocycles. The first-order valence-corrected chi connectivity index (χ1v) is 6.46. The summed E-state index contributed by atoms with van der Waals surface area (Å²) >= 11 is 0. The minimum absolute atomic E-state index is 0.265. The van der Waals surface area contributed by atoms with Crippen molar-refractivity contribution in [2.75, 3.05) is 0 Å². The van der Waals surface area contributed by atoms with Gasteiger partial charge in [-0.05, 0) is 42.9 Å². The summed E-state index contributed by atoms with van der Waals surface area (Å²) in [5.41, 5.74) is 5.21. The number of H-pyrrole nitrogens is 1. The van der Waals surface area contributed by atoms with Crippen LogP contribution < -0.4 is 5.56 Å². The highest BCUT2D eigenvalue weighted by atomic mass is 16.1. The van der Waals surface area contributed by atoms with Crippen molar-refractivity contribution >= 4 is 0 Å². The molecule has 3 heteroatoms. The van der Waals surface area contributed by atoms with Gasteiger partial charge >= 0.3 is 0 Å². The van der Waals surface area contributed by atoms with E-state index in [1.807, 2.05) is 37.3 Å². The summed E-state index contributed by atoms with van der Waals surface area (Å²) in [6, 6.07) is 10.1. The molecule has 0 saturated carbocycles. The van der Waals surface area contributed by atoms with E-state index in [1.54, 1.807) is 0 Å². The van der Waals surface area contributed by atoms with E-state index < -0.39 is 0 Å². The zero-order valence-corrected chi connectivity index (χ0v) is 10.8. The molecule has 1 aliphatic rings. The van der Waals surface area contributed by atoms with Gasteiger partial charge in [-0.15, -0.1) is 0 Å². The second-order valence-electron chi connectivity index (χ2n) is 4.99. The molecule has 2 aromatic rings. The van der Waals surface area contributed by atoms with Crippen molar-refractivity contribution in [2.45, 2.75) is 26.2 Å². The number of fused-ring (bicyclic) bond motifs is 1. The van der Waals surface area contributed by atoms with Crippen LogP contribution >= 0.6 is 0 Å². The van der Waals surface area contributed by atoms with Gasteiger partial charge < -0.3 is 4.98 Å². The molecular formula is C16H14N2O. The Kier molecular flexibility index (Phi) is 2.72. The Balaban J connectivity index is 2.27. The van der Waals surface area contributed by atoms with Crippen molar-refractivity contribution in [2.24, 2.45) is 0 Å². The van der Waals surface area contributed by atoms with E-state index in [1.165, 1.54) is 5.56 Å². The predicted molar refractivity (Wildman–Crippen MR) is 74.0 cm³/mol. The van der Waals surface area contributed by atoms with Crippen LogP contribution in [0, 0.1) is 18.3 Å². The number of nitriles is 1. The minimum atomic E-state index is -0.265. The van der Waals surface area contributed by atoms with Crippen LogP contribution in [0.1, 0.15) is 28.7 Å². The minimum Gasteiger partial charge on any atom is -0.321 e. The van der Waals surface area contributed by atoms with Crippen LogP contribution in [-0.2, 0) is 12.8 Å². The Morgan fingerprint density at radius 3 is 2.53 bits per heavy atom. The van der Waals surface area contributed by atoms with E-state index >= 15 is 0 Å². The third-order valence-electron chi connectivity index (χ3n) is 3.74. The van der Waals surface area contributed by atoms with Crippen LogP contribution in [0.5, 0.6) is 0 Å². The number of rotatable bonds is 1. The van der Waals surface area contributed by atoms with Crippen LogP contribution in [0.25, 0.3) is 11.3 Å². The lowest BCUT2D eigenvalue weighted by Crippen LogP contribution is -2.15. The SMILES string of the molecule is Cc1ccc(-c2[nH]c(=O)c(C#N)c3c2CCC3)cc1. The first-order chi connectivity index (χ1) is 9.20. The number of aryl methyl sites for hydroxylation is 1. The Morgan fingerprint density at radius 2 is 1.84 bits per heavy atom. The van der Waals surface area contributed by atoms with E-state index in [2.05, 4.69) is 4.98 Å². The third-order valence-corrected chi connectivity index (χ3v) is 3.74. The largest absolute Gasteiger partial charge is 0.321 e. The van der Waals surface area contributed by atoms with Crippen molar-refractivity contribution in [1.82, 2.24) is 4.98 Å². The summed E-state index contributed by atoms with van der Waals surface area (Å²) in [7, 11) is 0. The Morgan fingerprint density at radius 1 is 1.16 bits per heavy atom. The fourth-order valence-electron chi connectivity index (χ4n) is 2.77. The van der Waals surface area contributed by atoms with Crippen LogP contribution in [0.4, 0.5) is 0 Å². The molecule has 94 valence electrons. The first kappa shape index (κ1) is 11.7. The van der Waals surface area contributed by atoms with Gasteiger partial charge in [0, 0.05) is 0 Å². The summed E-state index contributed by atoms with van der Waals surface area (Å²) in [5.74, 6) is 0. The molecule has 0 amide bonds. The molecule has 1 aromatic carbocycles. The van der Waals surface area contributed by atoms with Crippen LogP contribution in [0.15, 0.2) is 29.1 Å². The van der Waals surface area contributed by atoms with Crippen molar-refractivity contribution < 1.29 is 0 Å². The highest BCUT2D eigenvalue weighted by Gasteiger charge is 2.22. The maximum atomic E-state index is 12.0. The maximum absolute atomic E-state index is 12.0. The normalized spacial score (nSPS) is 13.1. The predicted octanol–water partition coefficient (Wildman–Crippen LogP) is 2.71. The number of hydrogen-bond acceptors (Lipinski definition) is 2. The Bertz CT molecular complexity index is 733. The molecule has 0 saturated heterocycles. The Labute approximate surface area is 111 Å². The first-order valence-electron chi connectivity index (χ1n) is 6.46. The van der Waals surface area contributed by atoms with E-state index in [0.29, 0.717) is 5.56 Å². The average molecular weight is 250 g/mol. The highest BCUT2D eigenvalue weighted by molar-refractivity contribution is 5.67. The average Bonchev–Trinajstić information content (AvgIpc) is 2.88. The maximum Gasteiger partial charge on any atom is 0.266 e. The molecule has 1 N–H and O–H groups in total. The van der Waals surface area contributed by atoms with Crippen LogP contribution in [-0.4, -0.2) is 4.98 Å². The second kappa shape index (κ2) is 4.40. The van der Waals surface area contributed by atoms with Crippen LogP contribution in [0.3, 0.4) is 0 Å². The van der Waals surface area contributed by atoms with Gasteiger partial charge in [-0.3, -0.25) is 4.79 Å². The smallest absolute Gasteiger partial charge is 0.266 e. The number of nitrogens with one attached hydrogen (secondary N) is 1. The summed E-state index contributed by atoms with van der Waals surface area (Å²) in [6.07, 6.45) is 2.78. The molecule has 1 aliphatic carbocycles. The van der Waals surface area contributed by atoms with Crippen LogP contribution in [0.2, 0.25) is 0 Å². The molecule has 0 unspecified atom stereocenters. The summed E-state index contributed by atoms with van der Waals surface area (Å²) in [4.78, 5) is 14.9. The van der Waals surface area contributed by atoms with Gasteiger partial charge in [-0.2, -0.15) is 5.26 Å². The molecular weight excluding hydrogens is 236 g/mol. The fraction of sp³-hybridized carbons (Fsp3) is 0.250. The lowest BCUT2D eigenvalue weighted by Gasteiger charge is -2.10. The van der Waals surface area contributed by atoms with E-state index in [-0.39, 0.29) is 5.56 Å². The highest BCUT2D eigenvalue weighted by Crippen LogP contribution is 2.31. The zero-order valence-electron chi connectivity index (χ0n) is 10.8. The van der Waals surface area contributed by atoms with Gasteiger partial charge in [0.2, 0.25) is 0 Å². The zero-order chi connectivity index (χ0) is 13.4. The number of nitrogens with zero attached hydrogens (tertiary/aromatic N) is 1. The number of hydrogen-bond donors (Lipinski definition) is 1. The number of pyridine rings is 1. The van der Waals surface area contributed by atoms with Crippen molar-refractivity contribution in [3.8, 4) is 17.3 Å². The lowest BCUT2D eigenvalue weighted by molar-refractivity contribution is 0.910.